The van der Waals surface area contributed by atoms with Gasteiger partial charge in [0.1, 0.15) is 6.10 Å². The molecule has 0 aliphatic rings. The second kappa shape index (κ2) is 5.10. The van der Waals surface area contributed by atoms with Gasteiger partial charge >= 0.3 is 0 Å². The van der Waals surface area contributed by atoms with Gasteiger partial charge in [0.15, 0.2) is 0 Å². The number of aliphatic hydroxyl groups excluding tert-OH is 1. The SMILES string of the molecule is CC(C)n1ncc(Cl)c1C(O)c1csc(Br)c1. The van der Waals surface area contributed by atoms with Crippen molar-refractivity contribution in [2.45, 2.75) is 26.0 Å². The third-order valence-electron chi connectivity index (χ3n) is 2.44. The van der Waals surface area contributed by atoms with Gasteiger partial charge in [-0.3, -0.25) is 4.68 Å². The lowest BCUT2D eigenvalue weighted by molar-refractivity contribution is 0.205. The molecule has 2 rings (SSSR count). The minimum absolute atomic E-state index is 0.161. The van der Waals surface area contributed by atoms with Gasteiger partial charge in [-0.05, 0) is 46.8 Å². The van der Waals surface area contributed by atoms with Crippen molar-refractivity contribution in [3.8, 4) is 0 Å². The van der Waals surface area contributed by atoms with Crippen LogP contribution < -0.4 is 0 Å². The average Bonchev–Trinajstić information content (AvgIpc) is 2.83. The first-order valence-corrected chi connectivity index (χ1v) is 7.20. The predicted octanol–water partition coefficient (Wildman–Crippen LogP) is 4.02. The van der Waals surface area contributed by atoms with Crippen molar-refractivity contribution in [1.82, 2.24) is 9.78 Å². The van der Waals surface area contributed by atoms with Gasteiger partial charge in [-0.25, -0.2) is 0 Å². The second-order valence-corrected chi connectivity index (χ2v) is 6.70. The lowest BCUT2D eigenvalue weighted by Crippen LogP contribution is -2.12. The highest BCUT2D eigenvalue weighted by Gasteiger charge is 2.21. The van der Waals surface area contributed by atoms with E-state index in [0.717, 1.165) is 9.35 Å². The number of rotatable bonds is 3. The monoisotopic (exact) mass is 334 g/mol. The van der Waals surface area contributed by atoms with Crippen LogP contribution in [0.15, 0.2) is 21.4 Å². The maximum atomic E-state index is 10.3. The van der Waals surface area contributed by atoms with E-state index in [1.165, 1.54) is 11.3 Å². The van der Waals surface area contributed by atoms with Crippen LogP contribution in [0.25, 0.3) is 0 Å². The Morgan fingerprint density at radius 1 is 1.53 bits per heavy atom. The Morgan fingerprint density at radius 2 is 2.24 bits per heavy atom. The fraction of sp³-hybridized carbons (Fsp3) is 0.364. The first kappa shape index (κ1) is 13.1. The molecule has 0 saturated carbocycles. The molecule has 2 heterocycles. The first-order valence-electron chi connectivity index (χ1n) is 5.15. The van der Waals surface area contributed by atoms with Crippen LogP contribution in [0.3, 0.4) is 0 Å². The third-order valence-corrected chi connectivity index (χ3v) is 4.25. The third kappa shape index (κ3) is 2.57. The van der Waals surface area contributed by atoms with Gasteiger partial charge < -0.3 is 5.11 Å². The molecule has 6 heteroatoms. The highest BCUT2D eigenvalue weighted by atomic mass is 79.9. The second-order valence-electron chi connectivity index (χ2n) is 4.00. The normalized spacial score (nSPS) is 13.3. The molecule has 92 valence electrons. The van der Waals surface area contributed by atoms with Gasteiger partial charge in [0.25, 0.3) is 0 Å². The first-order chi connectivity index (χ1) is 8.00. The summed E-state index contributed by atoms with van der Waals surface area (Å²) in [5.41, 5.74) is 1.47. The van der Waals surface area contributed by atoms with Gasteiger partial charge in [0, 0.05) is 6.04 Å². The molecule has 0 bridgehead atoms. The van der Waals surface area contributed by atoms with Crippen LogP contribution in [0, 0.1) is 0 Å². The van der Waals surface area contributed by atoms with E-state index < -0.39 is 6.10 Å². The summed E-state index contributed by atoms with van der Waals surface area (Å²) in [6, 6.07) is 2.05. The van der Waals surface area contributed by atoms with Gasteiger partial charge in [-0.2, -0.15) is 5.10 Å². The molecule has 1 N–H and O–H groups in total. The van der Waals surface area contributed by atoms with Crippen LogP contribution in [-0.2, 0) is 0 Å². The Hall–Kier alpha value is -0.360. The minimum atomic E-state index is -0.741. The maximum absolute atomic E-state index is 10.3. The maximum Gasteiger partial charge on any atom is 0.123 e. The number of aromatic nitrogens is 2. The summed E-state index contributed by atoms with van der Waals surface area (Å²) in [7, 11) is 0. The molecule has 2 aromatic rings. The predicted molar refractivity (Wildman–Crippen MR) is 73.7 cm³/mol. The van der Waals surface area contributed by atoms with Crippen molar-refractivity contribution in [2.24, 2.45) is 0 Å². The zero-order valence-corrected chi connectivity index (χ0v) is 12.6. The fourth-order valence-electron chi connectivity index (χ4n) is 1.64. The van der Waals surface area contributed by atoms with E-state index >= 15 is 0 Å². The van der Waals surface area contributed by atoms with Crippen LogP contribution in [0.4, 0.5) is 0 Å². The van der Waals surface area contributed by atoms with Crippen LogP contribution in [0.2, 0.25) is 5.02 Å². The number of hydrogen-bond acceptors (Lipinski definition) is 3. The summed E-state index contributed by atoms with van der Waals surface area (Å²) >= 11 is 11.0. The van der Waals surface area contributed by atoms with Crippen molar-refractivity contribution in [1.29, 1.82) is 0 Å². The fourth-order valence-corrected chi connectivity index (χ4v) is 3.07. The molecule has 0 saturated heterocycles. The molecular weight excluding hydrogens is 324 g/mol. The van der Waals surface area contributed by atoms with Gasteiger partial charge in [0.05, 0.1) is 20.7 Å². The van der Waals surface area contributed by atoms with Crippen LogP contribution in [0.1, 0.15) is 37.3 Å². The topological polar surface area (TPSA) is 38.0 Å². The zero-order chi connectivity index (χ0) is 12.6. The molecule has 17 heavy (non-hydrogen) atoms. The molecule has 0 fully saturated rings. The largest absolute Gasteiger partial charge is 0.382 e. The van der Waals surface area contributed by atoms with E-state index in [0.29, 0.717) is 10.7 Å². The van der Waals surface area contributed by atoms with Crippen LogP contribution in [-0.4, -0.2) is 14.9 Å². The Bertz CT molecular complexity index is 523. The summed E-state index contributed by atoms with van der Waals surface area (Å²) in [6.07, 6.45) is 0.830. The Morgan fingerprint density at radius 3 is 2.76 bits per heavy atom. The summed E-state index contributed by atoms with van der Waals surface area (Å²) in [4.78, 5) is 0. The lowest BCUT2D eigenvalue weighted by Gasteiger charge is -2.15. The minimum Gasteiger partial charge on any atom is -0.382 e. The van der Waals surface area contributed by atoms with Gasteiger partial charge in [0.2, 0.25) is 0 Å². The van der Waals surface area contributed by atoms with Gasteiger partial charge in [-0.15, -0.1) is 11.3 Å². The standard InChI is InChI=1S/C11H12BrClN2OS/c1-6(2)15-10(8(13)4-14-15)11(16)7-3-9(12)17-5-7/h3-6,11,16H,1-2H3. The van der Waals surface area contributed by atoms with Crippen molar-refractivity contribution < 1.29 is 5.11 Å². The summed E-state index contributed by atoms with van der Waals surface area (Å²) in [5.74, 6) is 0. The molecule has 0 aromatic carbocycles. The van der Waals surface area contributed by atoms with E-state index in [2.05, 4.69) is 21.0 Å². The molecule has 1 unspecified atom stereocenters. The van der Waals surface area contributed by atoms with Crippen LogP contribution in [0.5, 0.6) is 0 Å². The zero-order valence-electron chi connectivity index (χ0n) is 9.39. The van der Waals surface area contributed by atoms with Crippen LogP contribution >= 0.6 is 38.9 Å². The van der Waals surface area contributed by atoms with E-state index in [4.69, 9.17) is 11.6 Å². The molecule has 0 radical (unpaired) electrons. The molecule has 0 amide bonds. The van der Waals surface area contributed by atoms with Crippen molar-refractivity contribution in [3.05, 3.63) is 37.7 Å². The smallest absolute Gasteiger partial charge is 0.123 e. The van der Waals surface area contributed by atoms with Crippen molar-refractivity contribution in [3.63, 3.8) is 0 Å². The van der Waals surface area contributed by atoms with E-state index in [9.17, 15) is 5.11 Å². The van der Waals surface area contributed by atoms with E-state index in [-0.39, 0.29) is 6.04 Å². The highest BCUT2D eigenvalue weighted by Crippen LogP contribution is 2.33. The lowest BCUT2D eigenvalue weighted by atomic mass is 10.1. The number of hydrogen-bond donors (Lipinski definition) is 1. The number of aliphatic hydroxyl groups is 1. The molecule has 2 aromatic heterocycles. The van der Waals surface area contributed by atoms with Gasteiger partial charge in [-0.1, -0.05) is 11.6 Å². The summed E-state index contributed by atoms with van der Waals surface area (Å²) in [5, 5.41) is 16.9. The van der Waals surface area contributed by atoms with E-state index in [1.54, 1.807) is 10.9 Å². The van der Waals surface area contributed by atoms with E-state index in [1.807, 2.05) is 25.3 Å². The number of thiophene rings is 1. The molecule has 0 spiro atoms. The Labute approximate surface area is 117 Å². The highest BCUT2D eigenvalue weighted by molar-refractivity contribution is 9.11. The quantitative estimate of drug-likeness (QED) is 0.920. The van der Waals surface area contributed by atoms with Crippen molar-refractivity contribution in [2.75, 3.05) is 0 Å². The van der Waals surface area contributed by atoms with Crippen molar-refractivity contribution >= 4 is 38.9 Å². The molecule has 0 aliphatic carbocycles. The molecule has 1 atom stereocenters. The summed E-state index contributed by atoms with van der Waals surface area (Å²) in [6.45, 7) is 4.01. The average molecular weight is 336 g/mol. The molecule has 3 nitrogen and oxygen atoms in total. The molecular formula is C11H12BrClN2OS. The molecule has 0 aliphatic heterocycles. The number of nitrogens with zero attached hydrogens (tertiary/aromatic N) is 2. The number of halogens is 2. The Kier molecular flexibility index (Phi) is 3.92. The summed E-state index contributed by atoms with van der Waals surface area (Å²) < 4.78 is 2.73. The Balaban J connectivity index is 2.43.